The van der Waals surface area contributed by atoms with Crippen LogP contribution in [0.5, 0.6) is 11.5 Å². The smallest absolute Gasteiger partial charge is 0.274 e. The number of amides is 2. The number of pyridine rings is 1. The molecule has 1 aromatic heterocycles. The SMILES string of the molecule is CCOc1ccccc1CNC(=O)CCCN1C(=O)[C@@H](c2ccccc2)Oc2cccnc21. The number of anilines is 1. The molecule has 0 radical (unpaired) electrons. The van der Waals surface area contributed by atoms with E-state index in [1.165, 1.54) is 0 Å². The molecule has 7 heteroatoms. The van der Waals surface area contributed by atoms with Crippen molar-refractivity contribution < 1.29 is 19.1 Å². The van der Waals surface area contributed by atoms with Gasteiger partial charge in [-0.3, -0.25) is 14.5 Å². The van der Waals surface area contributed by atoms with Gasteiger partial charge in [-0.2, -0.15) is 0 Å². The zero-order chi connectivity index (χ0) is 23.0. The lowest BCUT2D eigenvalue weighted by molar-refractivity contribution is -0.127. The van der Waals surface area contributed by atoms with Crippen LogP contribution < -0.4 is 19.7 Å². The molecule has 1 N–H and O–H groups in total. The fraction of sp³-hybridized carbons (Fsp3) is 0.269. The number of aromatic nitrogens is 1. The van der Waals surface area contributed by atoms with E-state index in [4.69, 9.17) is 9.47 Å². The summed E-state index contributed by atoms with van der Waals surface area (Å²) in [5, 5.41) is 2.94. The van der Waals surface area contributed by atoms with Crippen LogP contribution >= 0.6 is 0 Å². The third kappa shape index (κ3) is 5.31. The molecular formula is C26H27N3O4. The molecular weight excluding hydrogens is 418 g/mol. The van der Waals surface area contributed by atoms with Crippen molar-refractivity contribution in [1.82, 2.24) is 10.3 Å². The second kappa shape index (κ2) is 10.6. The van der Waals surface area contributed by atoms with Gasteiger partial charge in [0.15, 0.2) is 11.6 Å². The van der Waals surface area contributed by atoms with E-state index in [1.54, 1.807) is 23.2 Å². The van der Waals surface area contributed by atoms with E-state index in [9.17, 15) is 9.59 Å². The summed E-state index contributed by atoms with van der Waals surface area (Å²) in [7, 11) is 0. The maximum absolute atomic E-state index is 13.2. The summed E-state index contributed by atoms with van der Waals surface area (Å²) in [6, 6.07) is 20.6. The fourth-order valence-electron chi connectivity index (χ4n) is 3.78. The van der Waals surface area contributed by atoms with Crippen LogP contribution in [0, 0.1) is 0 Å². The second-order valence-electron chi connectivity index (χ2n) is 7.64. The third-order valence-corrected chi connectivity index (χ3v) is 5.38. The van der Waals surface area contributed by atoms with E-state index in [1.807, 2.05) is 61.5 Å². The number of carbonyl (C=O) groups is 2. The van der Waals surface area contributed by atoms with Gasteiger partial charge in [0.05, 0.1) is 6.61 Å². The molecule has 0 unspecified atom stereocenters. The van der Waals surface area contributed by atoms with Crippen LogP contribution in [0.3, 0.4) is 0 Å². The van der Waals surface area contributed by atoms with Crippen molar-refractivity contribution in [2.24, 2.45) is 0 Å². The molecule has 0 saturated carbocycles. The molecule has 33 heavy (non-hydrogen) atoms. The van der Waals surface area contributed by atoms with E-state index < -0.39 is 6.10 Å². The number of nitrogens with one attached hydrogen (secondary N) is 1. The normalized spacial score (nSPS) is 14.9. The molecule has 4 rings (SSSR count). The van der Waals surface area contributed by atoms with Crippen molar-refractivity contribution in [3.05, 3.63) is 84.1 Å². The molecule has 7 nitrogen and oxygen atoms in total. The van der Waals surface area contributed by atoms with Crippen LogP contribution in [0.2, 0.25) is 0 Å². The molecule has 2 heterocycles. The number of hydrogen-bond donors (Lipinski definition) is 1. The van der Waals surface area contributed by atoms with Crippen LogP contribution in [0.4, 0.5) is 5.82 Å². The maximum atomic E-state index is 13.2. The highest BCUT2D eigenvalue weighted by Crippen LogP contribution is 2.37. The van der Waals surface area contributed by atoms with E-state index in [0.29, 0.717) is 44.1 Å². The summed E-state index contributed by atoms with van der Waals surface area (Å²) in [5.74, 6) is 1.55. The first-order chi connectivity index (χ1) is 16.2. The lowest BCUT2D eigenvalue weighted by atomic mass is 10.1. The Hall–Kier alpha value is -3.87. The minimum Gasteiger partial charge on any atom is -0.494 e. The summed E-state index contributed by atoms with van der Waals surface area (Å²) in [5.41, 5.74) is 1.72. The summed E-state index contributed by atoms with van der Waals surface area (Å²) in [6.07, 6.45) is 1.70. The molecule has 0 aliphatic carbocycles. The zero-order valence-electron chi connectivity index (χ0n) is 18.6. The number of fused-ring (bicyclic) bond motifs is 1. The van der Waals surface area contributed by atoms with Crippen LogP contribution in [0.15, 0.2) is 72.9 Å². The van der Waals surface area contributed by atoms with Crippen molar-refractivity contribution in [1.29, 1.82) is 0 Å². The monoisotopic (exact) mass is 445 g/mol. The lowest BCUT2D eigenvalue weighted by Gasteiger charge is -2.33. The highest BCUT2D eigenvalue weighted by molar-refractivity contribution is 5.99. The Balaban J connectivity index is 1.37. The molecule has 1 atom stereocenters. The Morgan fingerprint density at radius 2 is 1.88 bits per heavy atom. The lowest BCUT2D eigenvalue weighted by Crippen LogP contribution is -2.42. The van der Waals surface area contributed by atoms with Gasteiger partial charge in [-0.1, -0.05) is 48.5 Å². The van der Waals surface area contributed by atoms with E-state index in [2.05, 4.69) is 10.3 Å². The van der Waals surface area contributed by atoms with Crippen molar-refractivity contribution in [2.75, 3.05) is 18.1 Å². The Morgan fingerprint density at radius 3 is 2.70 bits per heavy atom. The van der Waals surface area contributed by atoms with Gasteiger partial charge in [-0.05, 0) is 31.5 Å². The van der Waals surface area contributed by atoms with Crippen LogP contribution in [0.1, 0.15) is 37.0 Å². The minimum atomic E-state index is -0.730. The highest BCUT2D eigenvalue weighted by Gasteiger charge is 2.36. The quantitative estimate of drug-likeness (QED) is 0.538. The van der Waals surface area contributed by atoms with Crippen molar-refractivity contribution in [2.45, 2.75) is 32.4 Å². The Morgan fingerprint density at radius 1 is 1.09 bits per heavy atom. The topological polar surface area (TPSA) is 80.8 Å². The summed E-state index contributed by atoms with van der Waals surface area (Å²) in [6.45, 7) is 3.26. The number of rotatable bonds is 9. The molecule has 1 aliphatic rings. The summed E-state index contributed by atoms with van der Waals surface area (Å²) in [4.78, 5) is 31.6. The van der Waals surface area contributed by atoms with Gasteiger partial charge in [-0.25, -0.2) is 4.98 Å². The average Bonchev–Trinajstić information content (AvgIpc) is 2.85. The fourth-order valence-corrected chi connectivity index (χ4v) is 3.78. The largest absolute Gasteiger partial charge is 0.494 e. The van der Waals surface area contributed by atoms with Crippen LogP contribution in [-0.2, 0) is 16.1 Å². The van der Waals surface area contributed by atoms with Gasteiger partial charge in [0, 0.05) is 36.8 Å². The maximum Gasteiger partial charge on any atom is 0.274 e. The number of nitrogens with zero attached hydrogens (tertiary/aromatic N) is 2. The molecule has 0 fully saturated rings. The zero-order valence-corrected chi connectivity index (χ0v) is 18.6. The molecule has 170 valence electrons. The van der Waals surface area contributed by atoms with Gasteiger partial charge in [-0.15, -0.1) is 0 Å². The van der Waals surface area contributed by atoms with Crippen LogP contribution in [-0.4, -0.2) is 29.9 Å². The van der Waals surface area contributed by atoms with E-state index in [-0.39, 0.29) is 11.8 Å². The molecule has 1 aliphatic heterocycles. The van der Waals surface area contributed by atoms with Crippen LogP contribution in [0.25, 0.3) is 0 Å². The van der Waals surface area contributed by atoms with E-state index in [0.717, 1.165) is 16.9 Å². The molecule has 2 amide bonds. The molecule has 3 aromatic rings. The number of ether oxygens (including phenoxy) is 2. The van der Waals surface area contributed by atoms with Gasteiger partial charge in [0.1, 0.15) is 5.75 Å². The predicted octanol–water partition coefficient (Wildman–Crippen LogP) is 4.04. The third-order valence-electron chi connectivity index (χ3n) is 5.38. The first kappa shape index (κ1) is 22.3. The van der Waals surface area contributed by atoms with Gasteiger partial charge >= 0.3 is 0 Å². The van der Waals surface area contributed by atoms with Gasteiger partial charge in [0.2, 0.25) is 12.0 Å². The molecule has 0 spiro atoms. The first-order valence-electron chi connectivity index (χ1n) is 11.1. The van der Waals surface area contributed by atoms with E-state index >= 15 is 0 Å². The Bertz CT molecular complexity index is 1100. The van der Waals surface area contributed by atoms with Gasteiger partial charge < -0.3 is 14.8 Å². The molecule has 2 aromatic carbocycles. The number of benzene rings is 2. The standard InChI is InChI=1S/C26H27N3O4/c1-2-32-21-13-7-6-12-20(21)18-28-23(30)15-9-17-29-25-22(14-8-16-27-25)33-24(26(29)31)19-10-4-3-5-11-19/h3-8,10-14,16,24H,2,9,15,17-18H2,1H3,(H,28,30)/t24-/m1/s1. The van der Waals surface area contributed by atoms with Gasteiger partial charge in [0.25, 0.3) is 5.91 Å². The van der Waals surface area contributed by atoms with Crippen molar-refractivity contribution in [3.63, 3.8) is 0 Å². The average molecular weight is 446 g/mol. The number of carbonyl (C=O) groups excluding carboxylic acids is 2. The van der Waals surface area contributed by atoms with Crippen molar-refractivity contribution >= 4 is 17.6 Å². The number of para-hydroxylation sites is 1. The Labute approximate surface area is 193 Å². The van der Waals surface area contributed by atoms with Crippen molar-refractivity contribution in [3.8, 4) is 11.5 Å². The molecule has 0 saturated heterocycles. The Kier molecular flexibility index (Phi) is 7.19. The first-order valence-corrected chi connectivity index (χ1v) is 11.1. The second-order valence-corrected chi connectivity index (χ2v) is 7.64. The highest BCUT2D eigenvalue weighted by atomic mass is 16.5. The summed E-state index contributed by atoms with van der Waals surface area (Å²) >= 11 is 0. The molecule has 0 bridgehead atoms. The summed E-state index contributed by atoms with van der Waals surface area (Å²) < 4.78 is 11.6. The number of hydrogen-bond acceptors (Lipinski definition) is 5. The predicted molar refractivity (Wildman–Crippen MR) is 125 cm³/mol. The minimum absolute atomic E-state index is 0.0807.